The minimum absolute atomic E-state index is 0.325. The van der Waals surface area contributed by atoms with Crippen LogP contribution in [0.5, 0.6) is 0 Å². The van der Waals surface area contributed by atoms with Crippen LogP contribution in [0.3, 0.4) is 0 Å². The molecule has 3 rings (SSSR count). The second-order valence-corrected chi connectivity index (χ2v) is 5.09. The summed E-state index contributed by atoms with van der Waals surface area (Å²) in [5.41, 5.74) is 0. The third kappa shape index (κ3) is 2.18. The van der Waals surface area contributed by atoms with Crippen molar-refractivity contribution in [1.29, 1.82) is 0 Å². The lowest BCUT2D eigenvalue weighted by Crippen LogP contribution is -2.63. The zero-order valence-corrected chi connectivity index (χ0v) is 10.6. The van der Waals surface area contributed by atoms with Gasteiger partial charge in [-0.25, -0.2) is 14.4 Å². The largest absolute Gasteiger partial charge is 0.351 e. The molecule has 1 aromatic rings. The highest BCUT2D eigenvalue weighted by atomic mass is 19.1. The van der Waals surface area contributed by atoms with E-state index in [0.29, 0.717) is 11.9 Å². The number of hydrogen-bond acceptors (Lipinski definition) is 5. The highest BCUT2D eigenvalue weighted by Crippen LogP contribution is 2.24. The van der Waals surface area contributed by atoms with Gasteiger partial charge in [-0.3, -0.25) is 4.90 Å². The standard InChI is InChI=1S/C12H18FN5/c1-16-2-4-17(5-3-16)10-7-18(8-10)12-11(13)6-14-9-15-12/h6,9-10H,2-5,7-8H2,1H3. The van der Waals surface area contributed by atoms with Crippen LogP contribution >= 0.6 is 0 Å². The normalized spacial score (nSPS) is 23.1. The van der Waals surface area contributed by atoms with Crippen LogP contribution in [0.1, 0.15) is 0 Å². The van der Waals surface area contributed by atoms with E-state index in [1.807, 2.05) is 4.90 Å². The average Bonchev–Trinajstić information content (AvgIpc) is 2.32. The number of likely N-dealkylation sites (N-methyl/N-ethyl adjacent to an activating group) is 1. The number of halogens is 1. The second-order valence-electron chi connectivity index (χ2n) is 5.09. The molecule has 3 heterocycles. The van der Waals surface area contributed by atoms with E-state index >= 15 is 0 Å². The maximum absolute atomic E-state index is 13.5. The first kappa shape index (κ1) is 11.8. The Morgan fingerprint density at radius 2 is 1.94 bits per heavy atom. The van der Waals surface area contributed by atoms with Crippen molar-refractivity contribution in [3.8, 4) is 0 Å². The Labute approximate surface area is 106 Å². The predicted octanol–water partition coefficient (Wildman–Crippen LogP) is 0.0517. The molecular formula is C12H18FN5. The van der Waals surface area contributed by atoms with Crippen LogP contribution in [-0.4, -0.2) is 72.1 Å². The molecule has 0 aromatic carbocycles. The van der Waals surface area contributed by atoms with Gasteiger partial charge in [-0.15, -0.1) is 0 Å². The van der Waals surface area contributed by atoms with Gasteiger partial charge in [0, 0.05) is 45.3 Å². The molecule has 0 radical (unpaired) electrons. The maximum Gasteiger partial charge on any atom is 0.183 e. The molecule has 0 bridgehead atoms. The Morgan fingerprint density at radius 1 is 1.22 bits per heavy atom. The molecule has 0 N–H and O–H groups in total. The lowest BCUT2D eigenvalue weighted by atomic mass is 10.1. The number of piperazine rings is 1. The quantitative estimate of drug-likeness (QED) is 0.742. The van der Waals surface area contributed by atoms with Gasteiger partial charge in [-0.1, -0.05) is 0 Å². The summed E-state index contributed by atoms with van der Waals surface area (Å²) < 4.78 is 13.5. The lowest BCUT2D eigenvalue weighted by Gasteiger charge is -2.48. The summed E-state index contributed by atoms with van der Waals surface area (Å²) in [6, 6.07) is 0.549. The third-order valence-corrected chi connectivity index (χ3v) is 3.86. The van der Waals surface area contributed by atoms with E-state index in [1.165, 1.54) is 12.5 Å². The number of nitrogens with zero attached hydrogens (tertiary/aromatic N) is 5. The fourth-order valence-electron chi connectivity index (χ4n) is 2.59. The molecular weight excluding hydrogens is 233 g/mol. The second kappa shape index (κ2) is 4.78. The van der Waals surface area contributed by atoms with Crippen LogP contribution in [0.15, 0.2) is 12.5 Å². The molecule has 6 heteroatoms. The Kier molecular flexibility index (Phi) is 3.13. The molecule has 2 aliphatic rings. The number of rotatable bonds is 2. The van der Waals surface area contributed by atoms with Crippen molar-refractivity contribution in [1.82, 2.24) is 19.8 Å². The molecule has 2 fully saturated rings. The van der Waals surface area contributed by atoms with Crippen molar-refractivity contribution in [2.24, 2.45) is 0 Å². The van der Waals surface area contributed by atoms with E-state index in [4.69, 9.17) is 0 Å². The average molecular weight is 251 g/mol. The van der Waals surface area contributed by atoms with Gasteiger partial charge in [0.05, 0.1) is 6.20 Å². The zero-order valence-electron chi connectivity index (χ0n) is 10.6. The fourth-order valence-corrected chi connectivity index (χ4v) is 2.59. The summed E-state index contributed by atoms with van der Waals surface area (Å²) in [5, 5.41) is 0. The molecule has 0 amide bonds. The van der Waals surface area contributed by atoms with Gasteiger partial charge in [-0.2, -0.15) is 0 Å². The van der Waals surface area contributed by atoms with Crippen molar-refractivity contribution < 1.29 is 4.39 Å². The monoisotopic (exact) mass is 251 g/mol. The number of aromatic nitrogens is 2. The smallest absolute Gasteiger partial charge is 0.183 e. The summed E-state index contributed by atoms with van der Waals surface area (Å²) in [6.45, 7) is 6.22. The van der Waals surface area contributed by atoms with E-state index in [9.17, 15) is 4.39 Å². The molecule has 98 valence electrons. The van der Waals surface area contributed by atoms with E-state index in [1.54, 1.807) is 0 Å². The summed E-state index contributed by atoms with van der Waals surface area (Å²) in [6.07, 6.45) is 2.63. The summed E-state index contributed by atoms with van der Waals surface area (Å²) >= 11 is 0. The van der Waals surface area contributed by atoms with Gasteiger partial charge in [0.2, 0.25) is 0 Å². The van der Waals surface area contributed by atoms with Crippen molar-refractivity contribution >= 4 is 5.82 Å². The first-order valence-electron chi connectivity index (χ1n) is 6.37. The van der Waals surface area contributed by atoms with Crippen molar-refractivity contribution in [2.75, 3.05) is 51.2 Å². The molecule has 0 atom stereocenters. The SMILES string of the molecule is CN1CCN(C2CN(c3ncncc3F)C2)CC1. The summed E-state index contributed by atoms with van der Waals surface area (Å²) in [7, 11) is 2.15. The van der Waals surface area contributed by atoms with Gasteiger partial charge >= 0.3 is 0 Å². The number of hydrogen-bond donors (Lipinski definition) is 0. The zero-order chi connectivity index (χ0) is 12.5. The van der Waals surface area contributed by atoms with Crippen molar-refractivity contribution in [3.05, 3.63) is 18.3 Å². The molecule has 18 heavy (non-hydrogen) atoms. The molecule has 0 saturated carbocycles. The van der Waals surface area contributed by atoms with Crippen LogP contribution in [0.2, 0.25) is 0 Å². The van der Waals surface area contributed by atoms with Gasteiger partial charge < -0.3 is 9.80 Å². The first-order valence-corrected chi connectivity index (χ1v) is 6.37. The number of anilines is 1. The Bertz CT molecular complexity index is 413. The predicted molar refractivity (Wildman–Crippen MR) is 67.1 cm³/mol. The maximum atomic E-state index is 13.5. The van der Waals surface area contributed by atoms with Crippen LogP contribution in [-0.2, 0) is 0 Å². The topological polar surface area (TPSA) is 35.5 Å². The molecule has 0 aliphatic carbocycles. The van der Waals surface area contributed by atoms with E-state index in [2.05, 4.69) is 26.8 Å². The summed E-state index contributed by atoms with van der Waals surface area (Å²) in [4.78, 5) is 14.5. The van der Waals surface area contributed by atoms with Crippen molar-refractivity contribution in [3.63, 3.8) is 0 Å². The van der Waals surface area contributed by atoms with E-state index in [-0.39, 0.29) is 5.82 Å². The summed E-state index contributed by atoms with van der Waals surface area (Å²) in [5.74, 6) is 0.115. The van der Waals surface area contributed by atoms with Gasteiger partial charge in [0.25, 0.3) is 0 Å². The molecule has 0 unspecified atom stereocenters. The van der Waals surface area contributed by atoms with Crippen LogP contribution in [0.4, 0.5) is 10.2 Å². The van der Waals surface area contributed by atoms with Crippen molar-refractivity contribution in [2.45, 2.75) is 6.04 Å². The molecule has 2 saturated heterocycles. The Hall–Kier alpha value is -1.27. The van der Waals surface area contributed by atoms with Gasteiger partial charge in [-0.05, 0) is 7.05 Å². The first-order chi connectivity index (χ1) is 8.74. The molecule has 0 spiro atoms. The third-order valence-electron chi connectivity index (χ3n) is 3.86. The highest BCUT2D eigenvalue weighted by molar-refractivity contribution is 5.42. The minimum atomic E-state index is -0.325. The van der Waals surface area contributed by atoms with E-state index in [0.717, 1.165) is 39.3 Å². The van der Waals surface area contributed by atoms with E-state index < -0.39 is 0 Å². The van der Waals surface area contributed by atoms with Gasteiger partial charge in [0.15, 0.2) is 11.6 Å². The lowest BCUT2D eigenvalue weighted by molar-refractivity contribution is 0.0958. The molecule has 5 nitrogen and oxygen atoms in total. The minimum Gasteiger partial charge on any atom is -0.351 e. The van der Waals surface area contributed by atoms with Crippen LogP contribution in [0, 0.1) is 5.82 Å². The Balaban J connectivity index is 1.56. The highest BCUT2D eigenvalue weighted by Gasteiger charge is 2.34. The van der Waals surface area contributed by atoms with Gasteiger partial charge in [0.1, 0.15) is 6.33 Å². The molecule has 1 aromatic heterocycles. The van der Waals surface area contributed by atoms with Crippen LogP contribution < -0.4 is 4.90 Å². The molecule has 2 aliphatic heterocycles. The van der Waals surface area contributed by atoms with Crippen LogP contribution in [0.25, 0.3) is 0 Å². The fraction of sp³-hybridized carbons (Fsp3) is 0.667. The Morgan fingerprint density at radius 3 is 2.61 bits per heavy atom.